The van der Waals surface area contributed by atoms with Gasteiger partial charge in [0.1, 0.15) is 11.8 Å². The zero-order chi connectivity index (χ0) is 21.8. The van der Waals surface area contributed by atoms with Crippen molar-refractivity contribution < 1.29 is 18.7 Å². The number of anilines is 1. The fourth-order valence-electron chi connectivity index (χ4n) is 3.94. The first-order chi connectivity index (χ1) is 15.1. The molecule has 0 radical (unpaired) electrons. The van der Waals surface area contributed by atoms with Crippen LogP contribution < -0.4 is 15.5 Å². The van der Waals surface area contributed by atoms with Crippen molar-refractivity contribution in [3.8, 4) is 0 Å². The molecule has 3 heterocycles. The summed E-state index contributed by atoms with van der Waals surface area (Å²) >= 11 is 6.34. The predicted octanol–water partition coefficient (Wildman–Crippen LogP) is 2.93. The van der Waals surface area contributed by atoms with Gasteiger partial charge in [-0.05, 0) is 31.2 Å². The van der Waals surface area contributed by atoms with Crippen LogP contribution in [0.3, 0.4) is 0 Å². The first-order valence-corrected chi connectivity index (χ1v) is 10.7. The van der Waals surface area contributed by atoms with E-state index in [9.17, 15) is 9.59 Å². The topological polar surface area (TPSA) is 87.0 Å². The minimum atomic E-state index is -0.692. The number of urea groups is 1. The van der Waals surface area contributed by atoms with Crippen molar-refractivity contribution >= 4 is 29.3 Å². The van der Waals surface area contributed by atoms with Gasteiger partial charge in [0, 0.05) is 38.4 Å². The molecule has 2 N–H and O–H groups in total. The molecular formula is C22H25ClN4O4. The lowest BCUT2D eigenvalue weighted by Gasteiger charge is -2.38. The van der Waals surface area contributed by atoms with Crippen molar-refractivity contribution in [1.82, 2.24) is 15.5 Å². The number of hydrogen-bond donors (Lipinski definition) is 2. The third-order valence-electron chi connectivity index (χ3n) is 5.42. The Hall–Kier alpha value is -2.97. The SMILES string of the molecule is CCOC(=O)C1=C(CN2CCN(c3ccccc3Cl)CC2)NC(=O)N[C@H]1c1ccco1. The summed E-state index contributed by atoms with van der Waals surface area (Å²) in [5, 5.41) is 6.31. The van der Waals surface area contributed by atoms with Crippen LogP contribution in [-0.4, -0.2) is 56.2 Å². The molecule has 2 aliphatic rings. The molecule has 1 fully saturated rings. The predicted molar refractivity (Wildman–Crippen MR) is 117 cm³/mol. The Labute approximate surface area is 185 Å². The highest BCUT2D eigenvalue weighted by molar-refractivity contribution is 6.33. The average Bonchev–Trinajstić information content (AvgIpc) is 3.29. The Morgan fingerprint density at radius 2 is 1.97 bits per heavy atom. The number of piperazine rings is 1. The van der Waals surface area contributed by atoms with E-state index in [1.807, 2.05) is 24.3 Å². The van der Waals surface area contributed by atoms with Crippen LogP contribution >= 0.6 is 11.6 Å². The minimum absolute atomic E-state index is 0.241. The maximum Gasteiger partial charge on any atom is 0.338 e. The van der Waals surface area contributed by atoms with E-state index < -0.39 is 12.0 Å². The number of halogens is 1. The second kappa shape index (κ2) is 9.45. The van der Waals surface area contributed by atoms with Gasteiger partial charge in [-0.3, -0.25) is 4.90 Å². The van der Waals surface area contributed by atoms with Crippen LogP contribution in [0, 0.1) is 0 Å². The van der Waals surface area contributed by atoms with E-state index in [2.05, 4.69) is 20.4 Å². The molecule has 9 heteroatoms. The molecule has 2 aromatic rings. The summed E-state index contributed by atoms with van der Waals surface area (Å²) in [5.74, 6) is 0.0139. The lowest BCUT2D eigenvalue weighted by molar-refractivity contribution is -0.139. The molecule has 164 valence electrons. The van der Waals surface area contributed by atoms with Gasteiger partial charge in [0.25, 0.3) is 0 Å². The van der Waals surface area contributed by atoms with E-state index in [1.165, 1.54) is 6.26 Å². The van der Waals surface area contributed by atoms with Crippen molar-refractivity contribution in [2.45, 2.75) is 13.0 Å². The molecule has 0 spiro atoms. The highest BCUT2D eigenvalue weighted by Gasteiger charge is 2.36. The summed E-state index contributed by atoms with van der Waals surface area (Å²) in [6.07, 6.45) is 1.51. The summed E-state index contributed by atoms with van der Waals surface area (Å²) < 4.78 is 10.8. The first-order valence-electron chi connectivity index (χ1n) is 10.3. The van der Waals surface area contributed by atoms with Crippen LogP contribution in [0.15, 0.2) is 58.3 Å². The van der Waals surface area contributed by atoms with Gasteiger partial charge in [0.15, 0.2) is 0 Å². The normalized spacial score (nSPS) is 19.7. The number of carbonyl (C=O) groups is 2. The number of amides is 2. The Balaban J connectivity index is 1.53. The molecule has 0 aliphatic carbocycles. The molecule has 2 amide bonds. The number of benzene rings is 1. The van der Waals surface area contributed by atoms with Crippen LogP contribution in [0.25, 0.3) is 0 Å². The number of furan rings is 1. The standard InChI is InChI=1S/C22H25ClN4O4/c1-2-30-21(28)19-16(24-22(29)25-20(19)18-8-5-13-31-18)14-26-9-11-27(12-10-26)17-7-4-3-6-15(17)23/h3-8,13,20H,2,9-12,14H2,1H3,(H2,24,25,29)/t20-/m0/s1. The largest absolute Gasteiger partial charge is 0.467 e. The van der Waals surface area contributed by atoms with Crippen molar-refractivity contribution in [2.24, 2.45) is 0 Å². The number of esters is 1. The second-order valence-corrected chi connectivity index (χ2v) is 7.78. The number of nitrogens with one attached hydrogen (secondary N) is 2. The highest BCUT2D eigenvalue weighted by atomic mass is 35.5. The van der Waals surface area contributed by atoms with E-state index in [4.69, 9.17) is 20.8 Å². The molecule has 1 atom stereocenters. The first kappa shape index (κ1) is 21.3. The van der Waals surface area contributed by atoms with Gasteiger partial charge >= 0.3 is 12.0 Å². The third-order valence-corrected chi connectivity index (χ3v) is 5.74. The third kappa shape index (κ3) is 4.70. The molecule has 0 unspecified atom stereocenters. The van der Waals surface area contributed by atoms with Gasteiger partial charge in [-0.2, -0.15) is 0 Å². The molecule has 1 aromatic carbocycles. The van der Waals surface area contributed by atoms with Gasteiger partial charge in [0.05, 0.1) is 29.2 Å². The van der Waals surface area contributed by atoms with Crippen LogP contribution in [0.5, 0.6) is 0 Å². The monoisotopic (exact) mass is 444 g/mol. The molecule has 31 heavy (non-hydrogen) atoms. The van der Waals surface area contributed by atoms with Crippen LogP contribution in [0.4, 0.5) is 10.5 Å². The van der Waals surface area contributed by atoms with E-state index in [0.29, 0.717) is 23.6 Å². The summed E-state index contributed by atoms with van der Waals surface area (Å²) in [4.78, 5) is 29.6. The summed E-state index contributed by atoms with van der Waals surface area (Å²) in [7, 11) is 0. The Morgan fingerprint density at radius 3 is 2.65 bits per heavy atom. The van der Waals surface area contributed by atoms with E-state index in [-0.39, 0.29) is 12.6 Å². The smallest absolute Gasteiger partial charge is 0.338 e. The Bertz CT molecular complexity index is 968. The van der Waals surface area contributed by atoms with Gasteiger partial charge in [-0.1, -0.05) is 23.7 Å². The molecule has 1 aromatic heterocycles. The van der Waals surface area contributed by atoms with E-state index >= 15 is 0 Å². The van der Waals surface area contributed by atoms with Crippen molar-refractivity contribution in [3.05, 3.63) is 64.7 Å². The molecule has 0 bridgehead atoms. The molecule has 8 nitrogen and oxygen atoms in total. The van der Waals surface area contributed by atoms with Gasteiger partial charge < -0.3 is 24.7 Å². The highest BCUT2D eigenvalue weighted by Crippen LogP contribution is 2.29. The van der Waals surface area contributed by atoms with Crippen LogP contribution in [0.1, 0.15) is 18.7 Å². The number of carbonyl (C=O) groups excluding carboxylic acids is 2. The lowest BCUT2D eigenvalue weighted by Crippen LogP contribution is -2.51. The van der Waals surface area contributed by atoms with Crippen molar-refractivity contribution in [1.29, 1.82) is 0 Å². The lowest BCUT2D eigenvalue weighted by atomic mass is 9.99. The minimum Gasteiger partial charge on any atom is -0.467 e. The quantitative estimate of drug-likeness (QED) is 0.666. The van der Waals surface area contributed by atoms with E-state index in [0.717, 1.165) is 36.9 Å². The molecule has 4 rings (SSSR count). The fourth-order valence-corrected chi connectivity index (χ4v) is 4.20. The zero-order valence-electron chi connectivity index (χ0n) is 17.3. The summed E-state index contributed by atoms with van der Waals surface area (Å²) in [5.41, 5.74) is 1.92. The number of ether oxygens (including phenoxy) is 1. The molecule has 0 saturated carbocycles. The van der Waals surface area contributed by atoms with Crippen LogP contribution in [-0.2, 0) is 9.53 Å². The number of hydrogen-bond acceptors (Lipinski definition) is 6. The average molecular weight is 445 g/mol. The molecule has 2 aliphatic heterocycles. The number of para-hydroxylation sites is 1. The van der Waals surface area contributed by atoms with Gasteiger partial charge in [-0.25, -0.2) is 9.59 Å². The van der Waals surface area contributed by atoms with Gasteiger partial charge in [-0.15, -0.1) is 0 Å². The van der Waals surface area contributed by atoms with Crippen molar-refractivity contribution in [3.63, 3.8) is 0 Å². The maximum atomic E-state index is 12.8. The summed E-state index contributed by atoms with van der Waals surface area (Å²) in [6.45, 7) is 5.53. The zero-order valence-corrected chi connectivity index (χ0v) is 18.0. The van der Waals surface area contributed by atoms with Gasteiger partial charge in [0.2, 0.25) is 0 Å². The van der Waals surface area contributed by atoms with E-state index in [1.54, 1.807) is 19.1 Å². The summed E-state index contributed by atoms with van der Waals surface area (Å²) in [6, 6.07) is 10.2. The number of nitrogens with zero attached hydrogens (tertiary/aromatic N) is 2. The number of rotatable bonds is 6. The molecule has 1 saturated heterocycles. The van der Waals surface area contributed by atoms with Crippen LogP contribution in [0.2, 0.25) is 5.02 Å². The maximum absolute atomic E-state index is 12.8. The second-order valence-electron chi connectivity index (χ2n) is 7.37. The Morgan fingerprint density at radius 1 is 1.19 bits per heavy atom. The Kier molecular flexibility index (Phi) is 6.48. The van der Waals surface area contributed by atoms with Crippen molar-refractivity contribution in [2.75, 3.05) is 44.2 Å². The molecular weight excluding hydrogens is 420 g/mol. The fraction of sp³-hybridized carbons (Fsp3) is 0.364.